The molecule has 2 rings (SSSR count). The van der Waals surface area contributed by atoms with Crippen molar-refractivity contribution in [2.75, 3.05) is 14.1 Å². The van der Waals surface area contributed by atoms with Crippen molar-refractivity contribution < 1.29 is 9.26 Å². The summed E-state index contributed by atoms with van der Waals surface area (Å²) < 4.78 is 11.8. The molecule has 106 valence electrons. The predicted octanol–water partition coefficient (Wildman–Crippen LogP) is 3.80. The molecule has 1 aromatic heterocycles. The third kappa shape index (κ3) is 3.29. The molecule has 0 aliphatic carbocycles. The lowest BCUT2D eigenvalue weighted by Gasteiger charge is -2.17. The molecule has 0 N–H and O–H groups in total. The van der Waals surface area contributed by atoms with Gasteiger partial charge >= 0.3 is 0 Å². The molecular weight excluding hydrogens is 320 g/mol. The van der Waals surface area contributed by atoms with E-state index in [1.807, 2.05) is 49.3 Å². The number of rotatable bonds is 6. The Balaban J connectivity index is 2.11. The van der Waals surface area contributed by atoms with Crippen LogP contribution in [0.25, 0.3) is 0 Å². The third-order valence-corrected chi connectivity index (χ3v) is 3.63. The largest absolute Gasteiger partial charge is 0.470 e. The highest BCUT2D eigenvalue weighted by atomic mass is 79.9. The summed E-state index contributed by atoms with van der Waals surface area (Å²) in [5.41, 5.74) is 1.08. The van der Waals surface area contributed by atoms with Gasteiger partial charge in [0.05, 0.1) is 6.04 Å². The first-order chi connectivity index (χ1) is 9.63. The highest BCUT2D eigenvalue weighted by molar-refractivity contribution is 9.10. The maximum atomic E-state index is 5.67. The van der Waals surface area contributed by atoms with Gasteiger partial charge in [-0.25, -0.2) is 0 Å². The number of likely N-dealkylation sites (N-methyl/N-ethyl adjacent to an activating group) is 1. The van der Waals surface area contributed by atoms with Gasteiger partial charge in [0.15, 0.2) is 5.76 Å². The van der Waals surface area contributed by atoms with Gasteiger partial charge < -0.3 is 9.26 Å². The van der Waals surface area contributed by atoms with E-state index < -0.39 is 0 Å². The van der Waals surface area contributed by atoms with Crippen LogP contribution in [-0.4, -0.2) is 24.2 Å². The Hall–Kier alpha value is -1.59. The maximum absolute atomic E-state index is 5.67. The Labute approximate surface area is 127 Å². The van der Waals surface area contributed by atoms with Crippen LogP contribution in [0.15, 0.2) is 52.0 Å². The summed E-state index contributed by atoms with van der Waals surface area (Å²) in [6.45, 7) is 4.26. The highest BCUT2D eigenvalue weighted by Gasteiger charge is 2.23. The molecule has 0 fully saturated rings. The van der Waals surface area contributed by atoms with Crippen molar-refractivity contribution in [2.45, 2.75) is 12.6 Å². The van der Waals surface area contributed by atoms with E-state index in [2.05, 4.69) is 27.7 Å². The molecule has 1 aromatic carbocycles. The zero-order chi connectivity index (χ0) is 14.5. The number of halogens is 1. The molecular formula is C15H17BrN2O2. The molecule has 1 atom stereocenters. The van der Waals surface area contributed by atoms with Crippen molar-refractivity contribution in [3.8, 4) is 5.88 Å². The first-order valence-corrected chi connectivity index (χ1v) is 7.03. The van der Waals surface area contributed by atoms with Gasteiger partial charge in [-0.2, -0.15) is 0 Å². The summed E-state index contributed by atoms with van der Waals surface area (Å²) in [6.07, 6.45) is 1.80. The van der Waals surface area contributed by atoms with Crippen LogP contribution >= 0.6 is 15.9 Å². The molecule has 2 aromatic rings. The predicted molar refractivity (Wildman–Crippen MR) is 81.6 cm³/mol. The minimum Gasteiger partial charge on any atom is -0.470 e. The van der Waals surface area contributed by atoms with Crippen molar-refractivity contribution in [3.05, 3.63) is 58.8 Å². The van der Waals surface area contributed by atoms with Crippen molar-refractivity contribution in [2.24, 2.45) is 0 Å². The Morgan fingerprint density at radius 3 is 2.70 bits per heavy atom. The van der Waals surface area contributed by atoms with Crippen LogP contribution in [0.4, 0.5) is 0 Å². The van der Waals surface area contributed by atoms with Crippen molar-refractivity contribution in [1.82, 2.24) is 10.1 Å². The van der Waals surface area contributed by atoms with E-state index in [4.69, 9.17) is 9.26 Å². The summed E-state index contributed by atoms with van der Waals surface area (Å²) in [5.74, 6) is 1.14. The van der Waals surface area contributed by atoms with Gasteiger partial charge in [-0.05, 0) is 40.7 Å². The molecule has 0 radical (unpaired) electrons. The van der Waals surface area contributed by atoms with Crippen molar-refractivity contribution in [3.63, 3.8) is 0 Å². The van der Waals surface area contributed by atoms with E-state index in [0.717, 1.165) is 10.0 Å². The summed E-state index contributed by atoms with van der Waals surface area (Å²) in [4.78, 5) is 1.99. The number of ether oxygens (including phenoxy) is 1. The summed E-state index contributed by atoms with van der Waals surface area (Å²) in [6, 6.07) is 9.87. The maximum Gasteiger partial charge on any atom is 0.269 e. The molecule has 20 heavy (non-hydrogen) atoms. The van der Waals surface area contributed by atoms with Gasteiger partial charge in [0.1, 0.15) is 11.1 Å². The molecule has 0 saturated carbocycles. The molecule has 0 amide bonds. The fourth-order valence-electron chi connectivity index (χ4n) is 1.83. The second-order valence-corrected chi connectivity index (χ2v) is 5.38. The van der Waals surface area contributed by atoms with E-state index in [9.17, 15) is 0 Å². The third-order valence-electron chi connectivity index (χ3n) is 2.90. The molecule has 0 bridgehead atoms. The average Bonchev–Trinajstić information content (AvgIpc) is 2.80. The molecule has 0 aliphatic heterocycles. The van der Waals surface area contributed by atoms with Crippen LogP contribution in [0.2, 0.25) is 0 Å². The number of aromatic nitrogens is 1. The zero-order valence-electron chi connectivity index (χ0n) is 11.5. The number of benzene rings is 1. The van der Waals surface area contributed by atoms with Crippen molar-refractivity contribution >= 4 is 15.9 Å². The Morgan fingerprint density at radius 2 is 2.10 bits per heavy atom. The van der Waals surface area contributed by atoms with E-state index >= 15 is 0 Å². The van der Waals surface area contributed by atoms with Gasteiger partial charge in [-0.15, -0.1) is 6.58 Å². The van der Waals surface area contributed by atoms with Gasteiger partial charge in [-0.3, -0.25) is 4.90 Å². The molecule has 1 heterocycles. The molecule has 5 heteroatoms. The van der Waals surface area contributed by atoms with Gasteiger partial charge in [-0.1, -0.05) is 36.4 Å². The Kier molecular flexibility index (Phi) is 4.98. The number of hydrogen-bond acceptors (Lipinski definition) is 4. The van der Waals surface area contributed by atoms with Gasteiger partial charge in [0, 0.05) is 0 Å². The zero-order valence-corrected chi connectivity index (χ0v) is 13.1. The van der Waals surface area contributed by atoms with Crippen LogP contribution < -0.4 is 4.74 Å². The lowest BCUT2D eigenvalue weighted by Crippen LogP contribution is -2.17. The second-order valence-electron chi connectivity index (χ2n) is 4.58. The second kappa shape index (κ2) is 6.72. The molecule has 0 unspecified atom stereocenters. The summed E-state index contributed by atoms with van der Waals surface area (Å²) >= 11 is 3.48. The molecule has 4 nitrogen and oxygen atoms in total. The van der Waals surface area contributed by atoms with E-state index in [-0.39, 0.29) is 6.04 Å². The SMILES string of the molecule is C=C[C@H](c1onc(OCc2ccccc2)c1Br)N(C)C. The van der Waals surface area contributed by atoms with Crippen LogP contribution in [0.5, 0.6) is 5.88 Å². The van der Waals surface area contributed by atoms with Crippen LogP contribution in [-0.2, 0) is 6.61 Å². The van der Waals surface area contributed by atoms with Gasteiger partial charge in [0.2, 0.25) is 0 Å². The number of nitrogens with zero attached hydrogens (tertiary/aromatic N) is 2. The van der Waals surface area contributed by atoms with Crippen molar-refractivity contribution in [1.29, 1.82) is 0 Å². The summed E-state index contributed by atoms with van der Waals surface area (Å²) in [5, 5.41) is 3.96. The van der Waals surface area contributed by atoms with E-state index in [1.54, 1.807) is 6.08 Å². The van der Waals surface area contributed by atoms with Gasteiger partial charge in [0.25, 0.3) is 5.88 Å². The molecule has 0 aliphatic rings. The topological polar surface area (TPSA) is 38.5 Å². The molecule has 0 spiro atoms. The Morgan fingerprint density at radius 1 is 1.40 bits per heavy atom. The minimum atomic E-state index is -0.0500. The normalized spacial score (nSPS) is 12.4. The Bertz CT molecular complexity index is 567. The number of hydrogen-bond donors (Lipinski definition) is 0. The quantitative estimate of drug-likeness (QED) is 0.752. The average molecular weight is 337 g/mol. The fourth-order valence-corrected chi connectivity index (χ4v) is 2.32. The van der Waals surface area contributed by atoms with Crippen LogP contribution in [0, 0.1) is 0 Å². The lowest BCUT2D eigenvalue weighted by atomic mass is 10.2. The lowest BCUT2D eigenvalue weighted by molar-refractivity contribution is 0.248. The van der Waals surface area contributed by atoms with E-state index in [0.29, 0.717) is 18.2 Å². The van der Waals surface area contributed by atoms with Crippen LogP contribution in [0.1, 0.15) is 17.4 Å². The first-order valence-electron chi connectivity index (χ1n) is 6.24. The fraction of sp³-hybridized carbons (Fsp3) is 0.267. The van der Waals surface area contributed by atoms with E-state index in [1.165, 1.54) is 0 Å². The highest BCUT2D eigenvalue weighted by Crippen LogP contribution is 2.34. The molecule has 0 saturated heterocycles. The summed E-state index contributed by atoms with van der Waals surface area (Å²) in [7, 11) is 3.90. The monoisotopic (exact) mass is 336 g/mol. The smallest absolute Gasteiger partial charge is 0.269 e. The van der Waals surface area contributed by atoms with Crippen LogP contribution in [0.3, 0.4) is 0 Å². The standard InChI is InChI=1S/C15H17BrN2O2/c1-4-12(18(2)3)14-13(16)15(17-20-14)19-10-11-8-6-5-7-9-11/h4-9,12H,1,10H2,2-3H3/t12-/m1/s1. The minimum absolute atomic E-state index is 0.0500. The first kappa shape index (κ1) is 14.8.